The van der Waals surface area contributed by atoms with Crippen LogP contribution in [0.3, 0.4) is 0 Å². The first kappa shape index (κ1) is 10.2. The van der Waals surface area contributed by atoms with E-state index in [4.69, 9.17) is 0 Å². The van der Waals surface area contributed by atoms with Crippen molar-refractivity contribution in [3.8, 4) is 0 Å². The number of fused-ring (bicyclic) bond motifs is 2. The molecule has 0 amide bonds. The van der Waals surface area contributed by atoms with Gasteiger partial charge < -0.3 is 0 Å². The van der Waals surface area contributed by atoms with Crippen molar-refractivity contribution in [2.45, 2.75) is 37.9 Å². The van der Waals surface area contributed by atoms with Crippen LogP contribution in [0, 0.1) is 0 Å². The Labute approximate surface area is 94.8 Å². The molecule has 0 aromatic carbocycles. The zero-order chi connectivity index (χ0) is 9.42. The quantitative estimate of drug-likeness (QED) is 0.564. The van der Waals surface area contributed by atoms with Crippen LogP contribution in [-0.2, 0) is 0 Å². The van der Waals surface area contributed by atoms with Gasteiger partial charge in [-0.15, -0.1) is 0 Å². The molecule has 0 saturated carbocycles. The summed E-state index contributed by atoms with van der Waals surface area (Å²) in [6.45, 7) is 4.96. The van der Waals surface area contributed by atoms with Crippen LogP contribution in [0.4, 0.5) is 0 Å². The van der Waals surface area contributed by atoms with E-state index in [9.17, 15) is 0 Å². The molecule has 3 unspecified atom stereocenters. The van der Waals surface area contributed by atoms with E-state index >= 15 is 0 Å². The molecular weight excluding hydrogens is 275 g/mol. The lowest BCUT2D eigenvalue weighted by Crippen LogP contribution is -2.54. The maximum atomic E-state index is 2.68. The van der Waals surface area contributed by atoms with E-state index in [0.29, 0.717) is 0 Å². The van der Waals surface area contributed by atoms with Crippen molar-refractivity contribution in [2.75, 3.05) is 24.6 Å². The van der Waals surface area contributed by atoms with Crippen molar-refractivity contribution in [2.24, 2.45) is 0 Å². The molecule has 0 aromatic heterocycles. The fraction of sp³-hybridized carbons (Fsp3) is 1.00. The van der Waals surface area contributed by atoms with Gasteiger partial charge in [0.2, 0.25) is 0 Å². The standard InChI is InChI=1S/C10H19IN2/c1-8(5-11)13-6-9-3-4-10(7-13)12(9)2/h8-10H,3-7H2,1-2H3. The molecule has 3 atom stereocenters. The normalized spacial score (nSPS) is 38.1. The number of piperazine rings is 1. The zero-order valence-corrected chi connectivity index (χ0v) is 10.7. The lowest BCUT2D eigenvalue weighted by Gasteiger charge is -2.41. The minimum atomic E-state index is 0.775. The molecular formula is C10H19IN2. The number of likely N-dealkylation sites (tertiary alicyclic amines) is 1. The first-order chi connectivity index (χ1) is 6.22. The highest BCUT2D eigenvalue weighted by Gasteiger charge is 2.38. The Kier molecular flexibility index (Phi) is 3.15. The second-order valence-electron chi connectivity index (χ2n) is 4.51. The van der Waals surface area contributed by atoms with E-state index in [1.54, 1.807) is 0 Å². The van der Waals surface area contributed by atoms with Gasteiger partial charge in [0.15, 0.2) is 0 Å². The van der Waals surface area contributed by atoms with Crippen LogP contribution in [-0.4, -0.2) is 52.5 Å². The van der Waals surface area contributed by atoms with Gasteiger partial charge in [-0.3, -0.25) is 9.80 Å². The topological polar surface area (TPSA) is 6.48 Å². The molecule has 76 valence electrons. The van der Waals surface area contributed by atoms with Gasteiger partial charge in [0.1, 0.15) is 0 Å². The third-order valence-electron chi connectivity index (χ3n) is 3.72. The van der Waals surface area contributed by atoms with Crippen molar-refractivity contribution >= 4 is 22.6 Å². The summed E-state index contributed by atoms with van der Waals surface area (Å²) >= 11 is 2.50. The summed E-state index contributed by atoms with van der Waals surface area (Å²) in [6.07, 6.45) is 2.84. The number of likely N-dealkylation sites (N-methyl/N-ethyl adjacent to an activating group) is 1. The van der Waals surface area contributed by atoms with Gasteiger partial charge in [0.05, 0.1) is 0 Å². The van der Waals surface area contributed by atoms with Crippen LogP contribution in [0.2, 0.25) is 0 Å². The van der Waals surface area contributed by atoms with E-state index in [0.717, 1.165) is 18.1 Å². The van der Waals surface area contributed by atoms with Gasteiger partial charge >= 0.3 is 0 Å². The summed E-state index contributed by atoms with van der Waals surface area (Å²) in [4.78, 5) is 5.27. The van der Waals surface area contributed by atoms with E-state index < -0.39 is 0 Å². The molecule has 2 nitrogen and oxygen atoms in total. The van der Waals surface area contributed by atoms with Gasteiger partial charge in [0.25, 0.3) is 0 Å². The largest absolute Gasteiger partial charge is 0.298 e. The Balaban J connectivity index is 1.98. The Morgan fingerprint density at radius 3 is 2.31 bits per heavy atom. The molecule has 2 aliphatic heterocycles. The summed E-state index contributed by atoms with van der Waals surface area (Å²) in [6, 6.07) is 2.48. The van der Waals surface area contributed by atoms with Gasteiger partial charge in [-0.2, -0.15) is 0 Å². The maximum absolute atomic E-state index is 2.68. The van der Waals surface area contributed by atoms with Crippen molar-refractivity contribution in [3.63, 3.8) is 0 Å². The molecule has 0 aliphatic carbocycles. The second kappa shape index (κ2) is 4.03. The number of alkyl halides is 1. The summed E-state index contributed by atoms with van der Waals surface area (Å²) < 4.78 is 1.26. The van der Waals surface area contributed by atoms with E-state index in [1.807, 2.05) is 0 Å². The maximum Gasteiger partial charge on any atom is 0.0224 e. The highest BCUT2D eigenvalue weighted by Crippen LogP contribution is 2.29. The molecule has 3 heteroatoms. The number of hydrogen-bond acceptors (Lipinski definition) is 2. The molecule has 0 radical (unpaired) electrons. The Bertz CT molecular complexity index is 172. The molecule has 13 heavy (non-hydrogen) atoms. The lowest BCUT2D eigenvalue weighted by molar-refractivity contribution is 0.0702. The van der Waals surface area contributed by atoms with E-state index in [-0.39, 0.29) is 0 Å². The Hall–Kier alpha value is 0.650. The van der Waals surface area contributed by atoms with Crippen LogP contribution < -0.4 is 0 Å². The predicted molar refractivity (Wildman–Crippen MR) is 64.5 cm³/mol. The van der Waals surface area contributed by atoms with Gasteiger partial charge in [-0.05, 0) is 26.8 Å². The minimum absolute atomic E-state index is 0.775. The molecule has 2 aliphatic rings. The minimum Gasteiger partial charge on any atom is -0.298 e. The Morgan fingerprint density at radius 2 is 1.85 bits per heavy atom. The third-order valence-corrected chi connectivity index (χ3v) is 5.00. The molecule has 2 rings (SSSR count). The number of nitrogens with zero attached hydrogens (tertiary/aromatic N) is 2. The number of halogens is 1. The van der Waals surface area contributed by atoms with Crippen LogP contribution in [0.15, 0.2) is 0 Å². The second-order valence-corrected chi connectivity index (χ2v) is 5.39. The van der Waals surface area contributed by atoms with Crippen molar-refractivity contribution in [1.82, 2.24) is 9.80 Å². The monoisotopic (exact) mass is 294 g/mol. The lowest BCUT2D eigenvalue weighted by atomic mass is 10.1. The van der Waals surface area contributed by atoms with Crippen molar-refractivity contribution < 1.29 is 0 Å². The first-order valence-electron chi connectivity index (χ1n) is 5.24. The first-order valence-corrected chi connectivity index (χ1v) is 6.77. The van der Waals surface area contributed by atoms with Crippen LogP contribution in [0.25, 0.3) is 0 Å². The Morgan fingerprint density at radius 1 is 1.31 bits per heavy atom. The fourth-order valence-electron chi connectivity index (χ4n) is 2.60. The van der Waals surface area contributed by atoms with Crippen LogP contribution in [0.1, 0.15) is 19.8 Å². The van der Waals surface area contributed by atoms with Gasteiger partial charge in [0, 0.05) is 35.6 Å². The highest BCUT2D eigenvalue weighted by atomic mass is 127. The summed E-state index contributed by atoms with van der Waals surface area (Å²) in [5, 5.41) is 0. The molecule has 2 heterocycles. The van der Waals surface area contributed by atoms with Crippen LogP contribution in [0.5, 0.6) is 0 Å². The van der Waals surface area contributed by atoms with Gasteiger partial charge in [-0.1, -0.05) is 22.6 Å². The zero-order valence-electron chi connectivity index (χ0n) is 8.54. The number of hydrogen-bond donors (Lipinski definition) is 0. The summed E-state index contributed by atoms with van der Waals surface area (Å²) in [5.41, 5.74) is 0. The molecule has 2 bridgehead atoms. The highest BCUT2D eigenvalue weighted by molar-refractivity contribution is 14.1. The van der Waals surface area contributed by atoms with Crippen molar-refractivity contribution in [3.05, 3.63) is 0 Å². The summed E-state index contributed by atoms with van der Waals surface area (Å²) in [7, 11) is 2.30. The van der Waals surface area contributed by atoms with Gasteiger partial charge in [-0.25, -0.2) is 0 Å². The van der Waals surface area contributed by atoms with Crippen molar-refractivity contribution in [1.29, 1.82) is 0 Å². The SMILES string of the molecule is CC(CI)N1CC2CCC(C1)N2C. The van der Waals surface area contributed by atoms with E-state index in [2.05, 4.69) is 46.4 Å². The molecule has 2 saturated heterocycles. The third kappa shape index (κ3) is 1.88. The average Bonchev–Trinajstić information content (AvgIpc) is 2.42. The molecule has 0 N–H and O–H groups in total. The van der Waals surface area contributed by atoms with Crippen LogP contribution >= 0.6 is 22.6 Å². The molecule has 0 aromatic rings. The smallest absolute Gasteiger partial charge is 0.0224 e. The average molecular weight is 294 g/mol. The van der Waals surface area contributed by atoms with E-state index in [1.165, 1.54) is 30.4 Å². The molecule has 2 fully saturated rings. The number of rotatable bonds is 2. The summed E-state index contributed by atoms with van der Waals surface area (Å²) in [5.74, 6) is 0. The molecule has 0 spiro atoms. The fourth-order valence-corrected chi connectivity index (χ4v) is 3.16. The predicted octanol–water partition coefficient (Wildman–Crippen LogP) is 1.59.